The Labute approximate surface area is 79.4 Å². The predicted molar refractivity (Wildman–Crippen MR) is 51.3 cm³/mol. The number of sulfone groups is 1. The molecule has 4 nitrogen and oxygen atoms in total. The zero-order valence-electron chi connectivity index (χ0n) is 7.90. The molecule has 78 valence electrons. The van der Waals surface area contributed by atoms with Crippen LogP contribution in [0.4, 0.5) is 0 Å². The highest BCUT2D eigenvalue weighted by Gasteiger charge is 2.22. The molecule has 2 unspecified atom stereocenters. The van der Waals surface area contributed by atoms with Crippen LogP contribution in [0.1, 0.15) is 19.3 Å². The minimum Gasteiger partial charge on any atom is -0.377 e. The quantitative estimate of drug-likeness (QED) is 0.700. The average Bonchev–Trinajstić information content (AvgIpc) is 2.33. The van der Waals surface area contributed by atoms with Crippen LogP contribution < -0.4 is 5.73 Å². The summed E-state index contributed by atoms with van der Waals surface area (Å²) in [5.41, 5.74) is 5.68. The maximum Gasteiger partial charge on any atom is 0.149 e. The molecule has 0 saturated heterocycles. The number of hydrogen-bond acceptors (Lipinski definition) is 4. The fourth-order valence-corrected chi connectivity index (χ4v) is 1.89. The maximum absolute atomic E-state index is 10.8. The summed E-state index contributed by atoms with van der Waals surface area (Å²) in [6, 6.07) is 0.239. The van der Waals surface area contributed by atoms with Crippen LogP contribution in [0.5, 0.6) is 0 Å². The molecular formula is C8H17NO3S. The van der Waals surface area contributed by atoms with Crippen LogP contribution in [-0.4, -0.2) is 39.2 Å². The Bertz CT molecular complexity index is 250. The Kier molecular flexibility index (Phi) is 3.70. The van der Waals surface area contributed by atoms with E-state index in [1.165, 1.54) is 6.26 Å². The summed E-state index contributed by atoms with van der Waals surface area (Å²) >= 11 is 0. The van der Waals surface area contributed by atoms with Crippen LogP contribution in [0.3, 0.4) is 0 Å². The molecule has 1 rings (SSSR count). The van der Waals surface area contributed by atoms with E-state index in [1.807, 2.05) is 0 Å². The first-order valence-electron chi connectivity index (χ1n) is 4.52. The SMILES string of the molecule is CS(=O)(=O)CCOC1CCC(N)C1. The van der Waals surface area contributed by atoms with Crippen molar-refractivity contribution >= 4 is 9.84 Å². The molecule has 5 heteroatoms. The topological polar surface area (TPSA) is 69.4 Å². The molecule has 0 aromatic carbocycles. The molecule has 0 aromatic rings. The van der Waals surface area contributed by atoms with E-state index in [9.17, 15) is 8.42 Å². The van der Waals surface area contributed by atoms with Gasteiger partial charge < -0.3 is 10.5 Å². The minimum atomic E-state index is -2.89. The monoisotopic (exact) mass is 207 g/mol. The highest BCUT2D eigenvalue weighted by molar-refractivity contribution is 7.90. The van der Waals surface area contributed by atoms with Gasteiger partial charge in [-0.25, -0.2) is 8.42 Å². The lowest BCUT2D eigenvalue weighted by atomic mass is 10.3. The van der Waals surface area contributed by atoms with Crippen molar-refractivity contribution in [2.24, 2.45) is 5.73 Å². The lowest BCUT2D eigenvalue weighted by Gasteiger charge is -2.10. The maximum atomic E-state index is 10.8. The molecule has 0 radical (unpaired) electrons. The van der Waals surface area contributed by atoms with E-state index in [0.717, 1.165) is 19.3 Å². The summed E-state index contributed by atoms with van der Waals surface area (Å²) in [6.45, 7) is 0.302. The van der Waals surface area contributed by atoms with Gasteiger partial charge >= 0.3 is 0 Å². The summed E-state index contributed by atoms with van der Waals surface area (Å²) in [7, 11) is -2.89. The largest absolute Gasteiger partial charge is 0.377 e. The second-order valence-electron chi connectivity index (χ2n) is 3.70. The molecular weight excluding hydrogens is 190 g/mol. The van der Waals surface area contributed by atoms with Gasteiger partial charge in [-0.1, -0.05) is 0 Å². The molecule has 0 aliphatic heterocycles. The third kappa shape index (κ3) is 4.59. The van der Waals surface area contributed by atoms with E-state index in [1.54, 1.807) is 0 Å². The van der Waals surface area contributed by atoms with Crippen molar-refractivity contribution in [1.29, 1.82) is 0 Å². The van der Waals surface area contributed by atoms with E-state index in [0.29, 0.717) is 6.61 Å². The molecule has 1 fully saturated rings. The number of nitrogens with two attached hydrogens (primary N) is 1. The lowest BCUT2D eigenvalue weighted by molar-refractivity contribution is 0.0688. The van der Waals surface area contributed by atoms with E-state index < -0.39 is 9.84 Å². The van der Waals surface area contributed by atoms with Crippen LogP contribution >= 0.6 is 0 Å². The number of hydrogen-bond donors (Lipinski definition) is 1. The Morgan fingerprint density at radius 1 is 1.46 bits per heavy atom. The Morgan fingerprint density at radius 2 is 2.15 bits per heavy atom. The van der Waals surface area contributed by atoms with Gasteiger partial charge in [0.05, 0.1) is 18.5 Å². The second-order valence-corrected chi connectivity index (χ2v) is 5.96. The molecule has 2 N–H and O–H groups in total. The summed E-state index contributed by atoms with van der Waals surface area (Å²) in [5.74, 6) is 0.110. The zero-order chi connectivity index (χ0) is 9.90. The molecule has 1 aliphatic carbocycles. The fraction of sp³-hybridized carbons (Fsp3) is 1.00. The van der Waals surface area contributed by atoms with Gasteiger partial charge in [-0.3, -0.25) is 0 Å². The molecule has 1 saturated carbocycles. The molecule has 0 bridgehead atoms. The normalized spacial score (nSPS) is 29.4. The van der Waals surface area contributed by atoms with E-state index >= 15 is 0 Å². The molecule has 0 aromatic heterocycles. The van der Waals surface area contributed by atoms with Gasteiger partial charge in [-0.2, -0.15) is 0 Å². The summed E-state index contributed by atoms with van der Waals surface area (Å²) in [4.78, 5) is 0. The van der Waals surface area contributed by atoms with Gasteiger partial charge in [0.1, 0.15) is 9.84 Å². The summed E-state index contributed by atoms with van der Waals surface area (Å²) in [6.07, 6.45) is 4.21. The molecule has 1 aliphatic rings. The minimum absolute atomic E-state index is 0.110. The van der Waals surface area contributed by atoms with Gasteiger partial charge in [-0.15, -0.1) is 0 Å². The standard InChI is InChI=1S/C8H17NO3S/c1-13(10,11)5-4-12-8-3-2-7(9)6-8/h7-8H,2-6,9H2,1H3. The summed E-state index contributed by atoms with van der Waals surface area (Å²) < 4.78 is 26.9. The van der Waals surface area contributed by atoms with Gasteiger partial charge in [0.25, 0.3) is 0 Å². The number of rotatable bonds is 4. The highest BCUT2D eigenvalue weighted by Crippen LogP contribution is 2.20. The van der Waals surface area contributed by atoms with Gasteiger partial charge in [-0.05, 0) is 19.3 Å². The van der Waals surface area contributed by atoms with Crippen molar-refractivity contribution in [2.45, 2.75) is 31.4 Å². The molecule has 13 heavy (non-hydrogen) atoms. The Morgan fingerprint density at radius 3 is 2.62 bits per heavy atom. The van der Waals surface area contributed by atoms with Crippen LogP contribution in [0.15, 0.2) is 0 Å². The van der Waals surface area contributed by atoms with E-state index in [-0.39, 0.29) is 17.9 Å². The molecule has 2 atom stereocenters. The van der Waals surface area contributed by atoms with Crippen molar-refractivity contribution in [2.75, 3.05) is 18.6 Å². The first-order chi connectivity index (χ1) is 5.97. The molecule has 0 amide bonds. The van der Waals surface area contributed by atoms with Crippen LogP contribution in [0.2, 0.25) is 0 Å². The van der Waals surface area contributed by atoms with Crippen molar-refractivity contribution in [1.82, 2.24) is 0 Å². The van der Waals surface area contributed by atoms with Gasteiger partial charge in [0.2, 0.25) is 0 Å². The smallest absolute Gasteiger partial charge is 0.149 e. The fourth-order valence-electron chi connectivity index (χ4n) is 1.49. The van der Waals surface area contributed by atoms with Crippen LogP contribution in [0.25, 0.3) is 0 Å². The van der Waals surface area contributed by atoms with E-state index in [4.69, 9.17) is 10.5 Å². The average molecular weight is 207 g/mol. The van der Waals surface area contributed by atoms with Crippen molar-refractivity contribution < 1.29 is 13.2 Å². The first kappa shape index (κ1) is 10.9. The number of ether oxygens (including phenoxy) is 1. The second kappa shape index (κ2) is 4.39. The molecule has 0 spiro atoms. The van der Waals surface area contributed by atoms with Gasteiger partial charge in [0.15, 0.2) is 0 Å². The van der Waals surface area contributed by atoms with Crippen molar-refractivity contribution in [3.63, 3.8) is 0 Å². The molecule has 0 heterocycles. The van der Waals surface area contributed by atoms with Crippen LogP contribution in [0, 0.1) is 0 Å². The Balaban J connectivity index is 2.14. The zero-order valence-corrected chi connectivity index (χ0v) is 8.72. The third-order valence-electron chi connectivity index (χ3n) is 2.23. The van der Waals surface area contributed by atoms with E-state index in [2.05, 4.69) is 0 Å². The predicted octanol–water partition coefficient (Wildman–Crippen LogP) is -0.0726. The first-order valence-corrected chi connectivity index (χ1v) is 6.58. The van der Waals surface area contributed by atoms with Gasteiger partial charge in [0, 0.05) is 12.3 Å². The summed E-state index contributed by atoms with van der Waals surface area (Å²) in [5, 5.41) is 0. The van der Waals surface area contributed by atoms with Crippen molar-refractivity contribution in [3.05, 3.63) is 0 Å². The lowest BCUT2D eigenvalue weighted by Crippen LogP contribution is -2.19. The van der Waals surface area contributed by atoms with Crippen molar-refractivity contribution in [3.8, 4) is 0 Å². The Hall–Kier alpha value is -0.130. The highest BCUT2D eigenvalue weighted by atomic mass is 32.2. The van der Waals surface area contributed by atoms with Crippen LogP contribution in [-0.2, 0) is 14.6 Å². The third-order valence-corrected chi connectivity index (χ3v) is 3.14.